The maximum atomic E-state index is 13.2. The molecule has 0 radical (unpaired) electrons. The van der Waals surface area contributed by atoms with Gasteiger partial charge in [-0.3, -0.25) is 10.1 Å². The van der Waals surface area contributed by atoms with Gasteiger partial charge in [0, 0.05) is 6.54 Å². The lowest BCUT2D eigenvalue weighted by atomic mass is 10.1. The van der Waals surface area contributed by atoms with Crippen molar-refractivity contribution >= 4 is 5.91 Å². The van der Waals surface area contributed by atoms with Gasteiger partial charge in [0.1, 0.15) is 12.0 Å². The van der Waals surface area contributed by atoms with Gasteiger partial charge < -0.3 is 4.90 Å². The van der Waals surface area contributed by atoms with Gasteiger partial charge in [-0.1, -0.05) is 26.0 Å². The summed E-state index contributed by atoms with van der Waals surface area (Å²) in [5.41, 5.74) is 0.810. The van der Waals surface area contributed by atoms with Crippen LogP contribution in [-0.2, 0) is 4.79 Å². The van der Waals surface area contributed by atoms with Crippen molar-refractivity contribution in [3.8, 4) is 0 Å². The van der Waals surface area contributed by atoms with E-state index in [0.29, 0.717) is 19.0 Å². The second-order valence-electron chi connectivity index (χ2n) is 5.11. The van der Waals surface area contributed by atoms with Crippen LogP contribution in [-0.4, -0.2) is 23.9 Å². The summed E-state index contributed by atoms with van der Waals surface area (Å²) in [5, 5.41) is 3.13. The number of rotatable bonds is 4. The van der Waals surface area contributed by atoms with Crippen molar-refractivity contribution in [2.75, 3.05) is 13.1 Å². The van der Waals surface area contributed by atoms with Crippen LogP contribution in [0, 0.1) is 11.7 Å². The molecule has 1 atom stereocenters. The second kappa shape index (κ2) is 5.48. The number of carbonyl (C=O) groups is 1. The molecular weight excluding hydrogens is 231 g/mol. The first kappa shape index (κ1) is 13.0. The first-order chi connectivity index (χ1) is 8.58. The van der Waals surface area contributed by atoms with Gasteiger partial charge >= 0.3 is 0 Å². The summed E-state index contributed by atoms with van der Waals surface area (Å²) in [6.07, 6.45) is 0.770. The van der Waals surface area contributed by atoms with Crippen molar-refractivity contribution in [2.45, 2.75) is 26.4 Å². The molecule has 98 valence electrons. The fourth-order valence-corrected chi connectivity index (χ4v) is 2.17. The molecule has 1 aliphatic heterocycles. The van der Waals surface area contributed by atoms with Gasteiger partial charge in [-0.05, 0) is 30.0 Å². The number of amides is 1. The Morgan fingerprint density at radius 3 is 2.94 bits per heavy atom. The van der Waals surface area contributed by atoms with Gasteiger partial charge in [0.15, 0.2) is 0 Å². The van der Waals surface area contributed by atoms with Crippen molar-refractivity contribution in [1.29, 1.82) is 0 Å². The highest BCUT2D eigenvalue weighted by molar-refractivity contribution is 5.80. The zero-order chi connectivity index (χ0) is 13.1. The van der Waals surface area contributed by atoms with Crippen LogP contribution >= 0.6 is 0 Å². The standard InChI is InChI=1S/C14H19FN2O/c1-10(2)6-7-17-13(18)9-16-14(17)11-4-3-5-12(15)8-11/h3-5,8,10,14,16H,6-7,9H2,1-2H3. The van der Waals surface area contributed by atoms with E-state index in [1.165, 1.54) is 12.1 Å². The minimum Gasteiger partial charge on any atom is -0.322 e. The highest BCUT2D eigenvalue weighted by Crippen LogP contribution is 2.23. The highest BCUT2D eigenvalue weighted by atomic mass is 19.1. The summed E-state index contributed by atoms with van der Waals surface area (Å²) in [4.78, 5) is 13.6. The molecule has 0 spiro atoms. The van der Waals surface area contributed by atoms with Gasteiger partial charge in [0.2, 0.25) is 5.91 Å². The molecule has 1 aromatic rings. The Balaban J connectivity index is 2.13. The number of halogens is 1. The smallest absolute Gasteiger partial charge is 0.238 e. The largest absolute Gasteiger partial charge is 0.322 e. The molecule has 0 aliphatic carbocycles. The lowest BCUT2D eigenvalue weighted by molar-refractivity contribution is -0.128. The summed E-state index contributed by atoms with van der Waals surface area (Å²) in [6.45, 7) is 5.31. The molecule has 1 aliphatic rings. The monoisotopic (exact) mass is 250 g/mol. The van der Waals surface area contributed by atoms with Crippen molar-refractivity contribution in [2.24, 2.45) is 5.92 Å². The molecule has 1 heterocycles. The molecule has 0 saturated carbocycles. The lowest BCUT2D eigenvalue weighted by Gasteiger charge is -2.25. The van der Waals surface area contributed by atoms with E-state index in [1.807, 2.05) is 6.07 Å². The van der Waals surface area contributed by atoms with Crippen molar-refractivity contribution < 1.29 is 9.18 Å². The van der Waals surface area contributed by atoms with Crippen molar-refractivity contribution in [3.63, 3.8) is 0 Å². The normalized spacial score (nSPS) is 19.9. The third-order valence-electron chi connectivity index (χ3n) is 3.19. The molecule has 4 heteroatoms. The summed E-state index contributed by atoms with van der Waals surface area (Å²) in [7, 11) is 0. The Morgan fingerprint density at radius 1 is 1.50 bits per heavy atom. The van der Waals surface area contributed by atoms with Gasteiger partial charge in [0.05, 0.1) is 6.54 Å². The average Bonchev–Trinajstić information content (AvgIpc) is 2.68. The van der Waals surface area contributed by atoms with Gasteiger partial charge in [-0.15, -0.1) is 0 Å². The zero-order valence-corrected chi connectivity index (χ0v) is 10.8. The van der Waals surface area contributed by atoms with E-state index < -0.39 is 0 Å². The molecule has 1 unspecified atom stereocenters. The van der Waals surface area contributed by atoms with E-state index in [1.54, 1.807) is 11.0 Å². The SMILES string of the molecule is CC(C)CCN1C(=O)CNC1c1cccc(F)c1. The van der Waals surface area contributed by atoms with E-state index in [-0.39, 0.29) is 17.9 Å². The molecular formula is C14H19FN2O. The van der Waals surface area contributed by atoms with Gasteiger partial charge in [0.25, 0.3) is 0 Å². The van der Waals surface area contributed by atoms with Crippen LogP contribution < -0.4 is 5.32 Å². The average molecular weight is 250 g/mol. The van der Waals surface area contributed by atoms with Crippen molar-refractivity contribution in [3.05, 3.63) is 35.6 Å². The maximum absolute atomic E-state index is 13.2. The number of nitrogens with zero attached hydrogens (tertiary/aromatic N) is 1. The predicted octanol–water partition coefficient (Wildman–Crippen LogP) is 2.30. The van der Waals surface area contributed by atoms with Crippen LogP contribution in [0.5, 0.6) is 0 Å². The summed E-state index contributed by atoms with van der Waals surface area (Å²) in [6, 6.07) is 6.43. The fraction of sp³-hybridized carbons (Fsp3) is 0.500. The van der Waals surface area contributed by atoms with Gasteiger partial charge in [-0.25, -0.2) is 4.39 Å². The number of hydrogen-bond donors (Lipinski definition) is 1. The number of hydrogen-bond acceptors (Lipinski definition) is 2. The quantitative estimate of drug-likeness (QED) is 0.889. The Bertz CT molecular complexity index is 434. The van der Waals surface area contributed by atoms with E-state index in [4.69, 9.17) is 0 Å². The molecule has 1 saturated heterocycles. The third-order valence-corrected chi connectivity index (χ3v) is 3.19. The molecule has 1 fully saturated rings. The fourth-order valence-electron chi connectivity index (χ4n) is 2.17. The van der Waals surface area contributed by atoms with Crippen molar-refractivity contribution in [1.82, 2.24) is 10.2 Å². The van der Waals surface area contributed by atoms with Crippen LogP contribution in [0.2, 0.25) is 0 Å². The number of benzene rings is 1. The molecule has 0 aromatic heterocycles. The van der Waals surface area contributed by atoms with E-state index in [9.17, 15) is 9.18 Å². The number of nitrogens with one attached hydrogen (secondary N) is 1. The first-order valence-electron chi connectivity index (χ1n) is 6.36. The molecule has 1 aromatic carbocycles. The minimum atomic E-state index is -0.266. The third kappa shape index (κ3) is 2.88. The van der Waals surface area contributed by atoms with Crippen LogP contribution in [0.15, 0.2) is 24.3 Å². The van der Waals surface area contributed by atoms with Gasteiger partial charge in [-0.2, -0.15) is 0 Å². The lowest BCUT2D eigenvalue weighted by Crippen LogP contribution is -2.31. The molecule has 0 bridgehead atoms. The molecule has 18 heavy (non-hydrogen) atoms. The van der Waals surface area contributed by atoms with E-state index >= 15 is 0 Å². The summed E-state index contributed by atoms with van der Waals surface area (Å²) in [5.74, 6) is 0.369. The zero-order valence-electron chi connectivity index (χ0n) is 10.8. The minimum absolute atomic E-state index is 0.0879. The van der Waals surface area contributed by atoms with Crippen LogP contribution in [0.25, 0.3) is 0 Å². The highest BCUT2D eigenvalue weighted by Gasteiger charge is 2.31. The Morgan fingerprint density at radius 2 is 2.28 bits per heavy atom. The van der Waals surface area contributed by atoms with E-state index in [2.05, 4.69) is 19.2 Å². The van der Waals surface area contributed by atoms with Crippen LogP contribution in [0.4, 0.5) is 4.39 Å². The Hall–Kier alpha value is -1.42. The Kier molecular flexibility index (Phi) is 3.97. The Labute approximate surface area is 107 Å². The molecule has 3 nitrogen and oxygen atoms in total. The predicted molar refractivity (Wildman–Crippen MR) is 68.3 cm³/mol. The van der Waals surface area contributed by atoms with Crippen LogP contribution in [0.1, 0.15) is 32.0 Å². The second-order valence-corrected chi connectivity index (χ2v) is 5.11. The topological polar surface area (TPSA) is 32.3 Å². The molecule has 1 N–H and O–H groups in total. The molecule has 2 rings (SSSR count). The summed E-state index contributed by atoms with van der Waals surface area (Å²) < 4.78 is 13.2. The number of carbonyl (C=O) groups excluding carboxylic acids is 1. The van der Waals surface area contributed by atoms with E-state index in [0.717, 1.165) is 12.0 Å². The van der Waals surface area contributed by atoms with Crippen LogP contribution in [0.3, 0.4) is 0 Å². The maximum Gasteiger partial charge on any atom is 0.238 e. The summed E-state index contributed by atoms with van der Waals surface area (Å²) >= 11 is 0. The molecule has 1 amide bonds. The first-order valence-corrected chi connectivity index (χ1v) is 6.36.